The predicted molar refractivity (Wildman–Crippen MR) is 72.8 cm³/mol. The van der Waals surface area contributed by atoms with Gasteiger partial charge in [0.1, 0.15) is 12.2 Å². The highest BCUT2D eigenvalue weighted by molar-refractivity contribution is 5.72. The molecule has 21 heavy (non-hydrogen) atoms. The van der Waals surface area contributed by atoms with Gasteiger partial charge in [-0.05, 0) is 6.42 Å². The van der Waals surface area contributed by atoms with Crippen molar-refractivity contribution in [3.8, 4) is 6.07 Å². The summed E-state index contributed by atoms with van der Waals surface area (Å²) in [5, 5.41) is 24.6. The van der Waals surface area contributed by atoms with Crippen molar-refractivity contribution in [2.75, 3.05) is 6.61 Å². The number of carbonyl (C=O) groups excluding carboxylic acids is 2. The topological polar surface area (TPSA) is 117 Å². The molecule has 2 N–H and O–H groups in total. The van der Waals surface area contributed by atoms with Gasteiger partial charge in [0.25, 0.3) is 0 Å². The first-order chi connectivity index (χ1) is 9.89. The molecule has 120 valence electrons. The third-order valence-corrected chi connectivity index (χ3v) is 3.08. The summed E-state index contributed by atoms with van der Waals surface area (Å²) in [4.78, 5) is 20.9. The van der Waals surface area contributed by atoms with Crippen LogP contribution in [0.15, 0.2) is 0 Å². The third kappa shape index (κ3) is 7.06. The Bertz CT molecular complexity index is 348. The fourth-order valence-corrected chi connectivity index (χ4v) is 1.97. The van der Waals surface area contributed by atoms with Crippen molar-refractivity contribution < 1.29 is 29.3 Å². The molecule has 0 aromatic heterocycles. The lowest BCUT2D eigenvalue weighted by Crippen LogP contribution is -2.24. The average molecular weight is 301 g/mol. The number of hydrogen-bond donors (Lipinski definition) is 2. The van der Waals surface area contributed by atoms with Crippen molar-refractivity contribution in [2.24, 2.45) is 5.92 Å². The molecule has 2 rings (SSSR count). The van der Waals surface area contributed by atoms with Gasteiger partial charge < -0.3 is 19.7 Å². The minimum Gasteiger partial charge on any atom is -0.462 e. The summed E-state index contributed by atoms with van der Waals surface area (Å²) in [6.07, 6.45) is 0.244. The molecule has 2 aliphatic heterocycles. The van der Waals surface area contributed by atoms with E-state index in [-0.39, 0.29) is 25.1 Å². The highest BCUT2D eigenvalue weighted by Gasteiger charge is 2.32. The normalized spacial score (nSPS) is 30.1. The number of hydrogen-bond acceptors (Lipinski definition) is 7. The van der Waals surface area contributed by atoms with Crippen molar-refractivity contribution in [1.29, 1.82) is 5.26 Å². The minimum atomic E-state index is -0.817. The number of nitrogens with zero attached hydrogens (tertiary/aromatic N) is 1. The Hall–Kier alpha value is -1.65. The summed E-state index contributed by atoms with van der Waals surface area (Å²) in [6.45, 7) is 5.23. The molecule has 2 aliphatic rings. The Morgan fingerprint density at radius 2 is 1.71 bits per heavy atom. The zero-order chi connectivity index (χ0) is 16.4. The number of rotatable bonds is 2. The van der Waals surface area contributed by atoms with Crippen LogP contribution in [0.3, 0.4) is 0 Å². The molecule has 0 aliphatic carbocycles. The molecular weight excluding hydrogens is 278 g/mol. The van der Waals surface area contributed by atoms with Crippen LogP contribution in [0.2, 0.25) is 0 Å². The van der Waals surface area contributed by atoms with Crippen molar-refractivity contribution >= 4 is 11.9 Å². The molecule has 7 nitrogen and oxygen atoms in total. The number of carbonyl (C=O) groups is 2. The van der Waals surface area contributed by atoms with E-state index in [2.05, 4.69) is 11.7 Å². The maximum Gasteiger partial charge on any atom is 0.309 e. The number of aliphatic hydroxyl groups excluding tert-OH is 2. The first-order valence-corrected chi connectivity index (χ1v) is 6.88. The highest BCUT2D eigenvalue weighted by Crippen LogP contribution is 2.23. The van der Waals surface area contributed by atoms with Gasteiger partial charge in [-0.1, -0.05) is 13.8 Å². The summed E-state index contributed by atoms with van der Waals surface area (Å²) in [7, 11) is 0. The number of aliphatic hydroxyl groups is 2. The summed E-state index contributed by atoms with van der Waals surface area (Å²) in [5.41, 5.74) is 0. The van der Waals surface area contributed by atoms with Gasteiger partial charge in [-0.2, -0.15) is 5.26 Å². The van der Waals surface area contributed by atoms with E-state index in [0.717, 1.165) is 6.42 Å². The summed E-state index contributed by atoms with van der Waals surface area (Å²) in [6, 6.07) is 1.75. The molecule has 2 heterocycles. The highest BCUT2D eigenvalue weighted by atomic mass is 16.6. The molecule has 2 saturated heterocycles. The minimum absolute atomic E-state index is 0.00519. The second kappa shape index (κ2) is 10.1. The first-order valence-electron chi connectivity index (χ1n) is 6.88. The van der Waals surface area contributed by atoms with E-state index in [1.54, 1.807) is 6.07 Å². The second-order valence-electron chi connectivity index (χ2n) is 4.82. The summed E-state index contributed by atoms with van der Waals surface area (Å²) < 4.78 is 9.47. The Morgan fingerprint density at radius 3 is 1.90 bits per heavy atom. The Morgan fingerprint density at radius 1 is 1.24 bits per heavy atom. The Balaban J connectivity index is 0.000000322. The van der Waals surface area contributed by atoms with Crippen molar-refractivity contribution in [1.82, 2.24) is 0 Å². The lowest BCUT2D eigenvalue weighted by Gasteiger charge is -2.08. The van der Waals surface area contributed by atoms with Crippen LogP contribution < -0.4 is 0 Å². The van der Waals surface area contributed by atoms with Crippen LogP contribution in [-0.4, -0.2) is 47.1 Å². The van der Waals surface area contributed by atoms with Crippen LogP contribution in [0.1, 0.15) is 40.0 Å². The number of cyclic esters (lactones) is 2. The average Bonchev–Trinajstić information content (AvgIpc) is 2.92. The number of esters is 2. The van der Waals surface area contributed by atoms with E-state index in [0.29, 0.717) is 12.3 Å². The van der Waals surface area contributed by atoms with Gasteiger partial charge in [0.15, 0.2) is 6.10 Å². The molecule has 0 saturated carbocycles. The van der Waals surface area contributed by atoms with E-state index >= 15 is 0 Å². The molecule has 0 aromatic carbocycles. The molecule has 0 bridgehead atoms. The van der Waals surface area contributed by atoms with Gasteiger partial charge in [-0.25, -0.2) is 0 Å². The monoisotopic (exact) mass is 301 g/mol. The van der Waals surface area contributed by atoms with Crippen LogP contribution in [0, 0.1) is 17.2 Å². The first kappa shape index (κ1) is 19.4. The van der Waals surface area contributed by atoms with Gasteiger partial charge in [0, 0.05) is 12.8 Å². The largest absolute Gasteiger partial charge is 0.462 e. The van der Waals surface area contributed by atoms with Gasteiger partial charge in [-0.15, -0.1) is 0 Å². The van der Waals surface area contributed by atoms with Gasteiger partial charge >= 0.3 is 11.9 Å². The molecule has 0 radical (unpaired) electrons. The maximum absolute atomic E-state index is 10.6. The molecule has 4 atom stereocenters. The Labute approximate surface area is 124 Å². The maximum atomic E-state index is 10.6. The molecule has 0 amide bonds. The lowest BCUT2D eigenvalue weighted by molar-refractivity contribution is -0.143. The van der Waals surface area contributed by atoms with Crippen LogP contribution in [-0.2, 0) is 19.1 Å². The Kier molecular flexibility index (Phi) is 9.34. The van der Waals surface area contributed by atoms with Gasteiger partial charge in [0.05, 0.1) is 25.5 Å². The van der Waals surface area contributed by atoms with E-state index in [1.165, 1.54) is 6.92 Å². The third-order valence-electron chi connectivity index (χ3n) is 3.08. The smallest absolute Gasteiger partial charge is 0.309 e. The van der Waals surface area contributed by atoms with Crippen LogP contribution in [0.5, 0.6) is 0 Å². The molecule has 0 unspecified atom stereocenters. The number of nitriles is 1. The van der Waals surface area contributed by atoms with E-state index in [9.17, 15) is 9.59 Å². The van der Waals surface area contributed by atoms with Gasteiger partial charge in [0.2, 0.25) is 0 Å². The van der Waals surface area contributed by atoms with Crippen LogP contribution in [0.4, 0.5) is 0 Å². The zero-order valence-electron chi connectivity index (χ0n) is 12.6. The number of ether oxygens (including phenoxy) is 2. The van der Waals surface area contributed by atoms with E-state index in [4.69, 9.17) is 20.2 Å². The SMILES string of the molecule is CC#N.CC[C@H]1OC(=O)C[C@@H]1C.O=C1C[C@H](O)[C@@H](CO)O1. The predicted octanol–water partition coefficient (Wildman–Crippen LogP) is 0.533. The van der Waals surface area contributed by atoms with Crippen molar-refractivity contribution in [3.63, 3.8) is 0 Å². The van der Waals surface area contributed by atoms with Crippen LogP contribution in [0.25, 0.3) is 0 Å². The van der Waals surface area contributed by atoms with Crippen molar-refractivity contribution in [2.45, 2.75) is 58.3 Å². The summed E-state index contributed by atoms with van der Waals surface area (Å²) >= 11 is 0. The van der Waals surface area contributed by atoms with Crippen molar-refractivity contribution in [3.05, 3.63) is 0 Å². The van der Waals surface area contributed by atoms with E-state index in [1.807, 2.05) is 6.92 Å². The second-order valence-corrected chi connectivity index (χ2v) is 4.82. The standard InChI is InChI=1S/C7H12O2.C5H8O4.C2H3N/c1-3-6-5(2)4-7(8)9-6;6-2-4-3(7)1-5(8)9-4;1-2-3/h5-6H,3-4H2,1-2H3;3-4,6-7H,1-2H2;1H3/t5-,6+;3-,4+;/m00./s1. The molecule has 0 spiro atoms. The fourth-order valence-electron chi connectivity index (χ4n) is 1.97. The lowest BCUT2D eigenvalue weighted by atomic mass is 10.0. The molecule has 2 fully saturated rings. The van der Waals surface area contributed by atoms with Gasteiger partial charge in [-0.3, -0.25) is 9.59 Å². The van der Waals surface area contributed by atoms with E-state index < -0.39 is 18.2 Å². The fraction of sp³-hybridized carbons (Fsp3) is 0.786. The molecule has 7 heteroatoms. The van der Waals surface area contributed by atoms with Crippen LogP contribution >= 0.6 is 0 Å². The quantitative estimate of drug-likeness (QED) is 0.714. The summed E-state index contributed by atoms with van der Waals surface area (Å²) in [5.74, 6) is -0.0431. The zero-order valence-corrected chi connectivity index (χ0v) is 12.6. The molecule has 0 aromatic rings. The molecular formula is C14H23NO6.